The number of nitrogens with zero attached hydrogens (tertiary/aromatic N) is 3. The van der Waals surface area contributed by atoms with Gasteiger partial charge in [0.1, 0.15) is 0 Å². The standard InChI is InChI=1S/C24H17N5O2/c30-23(26-17-8-6-7-16(15-17)21-13-14-25-27-21)22-19-11-4-5-12-20(19)24(31)29(28-22)18-9-2-1-3-10-18/h1-15H,(H,25,27)(H,26,30). The summed E-state index contributed by atoms with van der Waals surface area (Å²) in [6.07, 6.45) is 1.67. The van der Waals surface area contributed by atoms with Crippen LogP contribution in [0.3, 0.4) is 0 Å². The molecule has 0 fully saturated rings. The Balaban J connectivity index is 1.59. The minimum Gasteiger partial charge on any atom is -0.321 e. The Kier molecular flexibility index (Phi) is 4.61. The number of fused-ring (bicyclic) bond motifs is 1. The average molecular weight is 407 g/mol. The van der Waals surface area contributed by atoms with Gasteiger partial charge in [0.25, 0.3) is 11.5 Å². The van der Waals surface area contributed by atoms with Crippen molar-refractivity contribution in [2.75, 3.05) is 5.32 Å². The van der Waals surface area contributed by atoms with E-state index in [0.29, 0.717) is 22.1 Å². The molecule has 0 aliphatic carbocycles. The number of H-pyrrole nitrogens is 1. The van der Waals surface area contributed by atoms with Gasteiger partial charge < -0.3 is 5.32 Å². The highest BCUT2D eigenvalue weighted by atomic mass is 16.2. The number of hydrogen-bond acceptors (Lipinski definition) is 4. The van der Waals surface area contributed by atoms with Crippen LogP contribution in [0.15, 0.2) is 95.9 Å². The van der Waals surface area contributed by atoms with Gasteiger partial charge in [-0.05, 0) is 36.4 Å². The molecular weight excluding hydrogens is 390 g/mol. The lowest BCUT2D eigenvalue weighted by molar-refractivity contribution is 0.102. The smallest absolute Gasteiger partial charge is 0.279 e. The molecule has 0 spiro atoms. The maximum Gasteiger partial charge on any atom is 0.279 e. The first-order valence-corrected chi connectivity index (χ1v) is 9.69. The highest BCUT2D eigenvalue weighted by Crippen LogP contribution is 2.22. The van der Waals surface area contributed by atoms with Crippen molar-refractivity contribution < 1.29 is 4.79 Å². The van der Waals surface area contributed by atoms with Crippen LogP contribution in [0.4, 0.5) is 5.69 Å². The van der Waals surface area contributed by atoms with Crippen molar-refractivity contribution in [3.8, 4) is 16.9 Å². The number of rotatable bonds is 4. The average Bonchev–Trinajstić information content (AvgIpc) is 3.35. The van der Waals surface area contributed by atoms with Crippen molar-refractivity contribution in [2.45, 2.75) is 0 Å². The van der Waals surface area contributed by atoms with Gasteiger partial charge in [-0.15, -0.1) is 0 Å². The van der Waals surface area contributed by atoms with E-state index in [1.54, 1.807) is 48.7 Å². The number of benzene rings is 3. The van der Waals surface area contributed by atoms with Gasteiger partial charge in [-0.2, -0.15) is 14.9 Å². The third-order valence-electron chi connectivity index (χ3n) is 4.95. The first kappa shape index (κ1) is 18.5. The van der Waals surface area contributed by atoms with E-state index < -0.39 is 5.91 Å². The molecule has 31 heavy (non-hydrogen) atoms. The molecule has 2 aromatic heterocycles. The van der Waals surface area contributed by atoms with Crippen molar-refractivity contribution in [1.29, 1.82) is 0 Å². The van der Waals surface area contributed by atoms with Gasteiger partial charge in [-0.3, -0.25) is 14.7 Å². The number of carbonyl (C=O) groups is 1. The van der Waals surface area contributed by atoms with Crippen LogP contribution in [0.2, 0.25) is 0 Å². The van der Waals surface area contributed by atoms with E-state index in [1.807, 2.05) is 42.5 Å². The van der Waals surface area contributed by atoms with Crippen molar-refractivity contribution in [2.24, 2.45) is 0 Å². The van der Waals surface area contributed by atoms with E-state index in [2.05, 4.69) is 20.6 Å². The highest BCUT2D eigenvalue weighted by molar-refractivity contribution is 6.11. The number of nitrogens with one attached hydrogen (secondary N) is 2. The molecule has 3 aromatic carbocycles. The predicted molar refractivity (Wildman–Crippen MR) is 119 cm³/mol. The lowest BCUT2D eigenvalue weighted by atomic mass is 10.1. The van der Waals surface area contributed by atoms with Crippen LogP contribution in [-0.4, -0.2) is 25.9 Å². The molecule has 2 N–H and O–H groups in total. The molecule has 0 saturated heterocycles. The van der Waals surface area contributed by atoms with Crippen molar-refractivity contribution in [3.63, 3.8) is 0 Å². The van der Waals surface area contributed by atoms with Crippen molar-refractivity contribution in [1.82, 2.24) is 20.0 Å². The molecule has 0 radical (unpaired) electrons. The number of para-hydroxylation sites is 1. The van der Waals surface area contributed by atoms with Crippen LogP contribution in [0.5, 0.6) is 0 Å². The van der Waals surface area contributed by atoms with E-state index in [4.69, 9.17) is 0 Å². The fourth-order valence-corrected chi connectivity index (χ4v) is 3.47. The van der Waals surface area contributed by atoms with Gasteiger partial charge in [0.15, 0.2) is 5.69 Å². The molecular formula is C24H17N5O2. The van der Waals surface area contributed by atoms with Crippen LogP contribution in [0.1, 0.15) is 10.5 Å². The molecule has 0 atom stereocenters. The zero-order valence-electron chi connectivity index (χ0n) is 16.3. The summed E-state index contributed by atoms with van der Waals surface area (Å²) in [4.78, 5) is 26.2. The van der Waals surface area contributed by atoms with Crippen LogP contribution >= 0.6 is 0 Å². The second kappa shape index (κ2) is 7.72. The largest absolute Gasteiger partial charge is 0.321 e. The molecule has 0 aliphatic heterocycles. The number of amides is 1. The lowest BCUT2D eigenvalue weighted by Crippen LogP contribution is -2.26. The summed E-state index contributed by atoms with van der Waals surface area (Å²) in [5.41, 5.74) is 2.83. The van der Waals surface area contributed by atoms with E-state index in [9.17, 15) is 9.59 Å². The first-order chi connectivity index (χ1) is 15.2. The maximum atomic E-state index is 13.2. The first-order valence-electron chi connectivity index (χ1n) is 9.69. The molecule has 150 valence electrons. The molecule has 5 rings (SSSR count). The minimum absolute atomic E-state index is 0.172. The second-order valence-electron chi connectivity index (χ2n) is 6.95. The van der Waals surface area contributed by atoms with E-state index in [1.165, 1.54) is 4.68 Å². The molecule has 7 nitrogen and oxygen atoms in total. The fourth-order valence-electron chi connectivity index (χ4n) is 3.47. The predicted octanol–water partition coefficient (Wildman–Crippen LogP) is 4.03. The van der Waals surface area contributed by atoms with Crippen molar-refractivity contribution >= 4 is 22.4 Å². The summed E-state index contributed by atoms with van der Waals surface area (Å²) < 4.78 is 1.26. The zero-order chi connectivity index (χ0) is 21.2. The Labute approximate surface area is 177 Å². The summed E-state index contributed by atoms with van der Waals surface area (Å²) in [5, 5.41) is 15.1. The van der Waals surface area contributed by atoms with Gasteiger partial charge in [0, 0.05) is 22.8 Å². The zero-order valence-corrected chi connectivity index (χ0v) is 16.3. The van der Waals surface area contributed by atoms with Crippen LogP contribution in [0, 0.1) is 0 Å². The Hall–Kier alpha value is -4.52. The Morgan fingerprint density at radius 3 is 2.42 bits per heavy atom. The Bertz CT molecular complexity index is 1440. The number of hydrogen-bond donors (Lipinski definition) is 2. The quantitative estimate of drug-likeness (QED) is 0.470. The molecule has 0 saturated carbocycles. The van der Waals surface area contributed by atoms with Crippen LogP contribution in [0.25, 0.3) is 27.7 Å². The van der Waals surface area contributed by atoms with Gasteiger partial charge in [-0.25, -0.2) is 0 Å². The molecule has 2 heterocycles. The van der Waals surface area contributed by atoms with Gasteiger partial charge in [-0.1, -0.05) is 48.5 Å². The normalized spacial score (nSPS) is 10.8. The van der Waals surface area contributed by atoms with E-state index in [0.717, 1.165) is 11.3 Å². The molecule has 7 heteroatoms. The third-order valence-corrected chi connectivity index (χ3v) is 4.95. The fraction of sp³-hybridized carbons (Fsp3) is 0. The third kappa shape index (κ3) is 3.49. The number of aromatic amines is 1. The highest BCUT2D eigenvalue weighted by Gasteiger charge is 2.18. The van der Waals surface area contributed by atoms with E-state index >= 15 is 0 Å². The number of anilines is 1. The maximum absolute atomic E-state index is 13.2. The van der Waals surface area contributed by atoms with Gasteiger partial charge in [0.05, 0.1) is 16.8 Å². The molecule has 0 unspecified atom stereocenters. The number of aromatic nitrogens is 4. The van der Waals surface area contributed by atoms with Gasteiger partial charge >= 0.3 is 0 Å². The Morgan fingerprint density at radius 2 is 1.65 bits per heavy atom. The monoisotopic (exact) mass is 407 g/mol. The summed E-state index contributed by atoms with van der Waals surface area (Å²) in [6, 6.07) is 25.3. The topological polar surface area (TPSA) is 92.7 Å². The molecule has 5 aromatic rings. The SMILES string of the molecule is O=C(Nc1cccc(-c2ccn[nH]2)c1)c1nn(-c2ccccc2)c(=O)c2ccccc12. The van der Waals surface area contributed by atoms with Crippen LogP contribution in [-0.2, 0) is 0 Å². The summed E-state index contributed by atoms with van der Waals surface area (Å²) >= 11 is 0. The molecule has 1 amide bonds. The summed E-state index contributed by atoms with van der Waals surface area (Å²) in [5.74, 6) is -0.400. The van der Waals surface area contributed by atoms with Crippen LogP contribution < -0.4 is 10.9 Å². The lowest BCUT2D eigenvalue weighted by Gasteiger charge is -2.12. The Morgan fingerprint density at radius 1 is 0.871 bits per heavy atom. The summed E-state index contributed by atoms with van der Waals surface area (Å²) in [6.45, 7) is 0. The molecule has 0 bridgehead atoms. The van der Waals surface area contributed by atoms with Gasteiger partial charge in [0.2, 0.25) is 0 Å². The molecule has 0 aliphatic rings. The van der Waals surface area contributed by atoms with E-state index in [-0.39, 0.29) is 11.3 Å². The van der Waals surface area contributed by atoms with Crippen molar-refractivity contribution in [3.05, 3.63) is 107 Å². The summed E-state index contributed by atoms with van der Waals surface area (Å²) in [7, 11) is 0. The number of carbonyl (C=O) groups excluding carboxylic acids is 1. The minimum atomic E-state index is -0.400. The second-order valence-corrected chi connectivity index (χ2v) is 6.95.